The van der Waals surface area contributed by atoms with Crippen LogP contribution in [0.3, 0.4) is 0 Å². The molecule has 0 saturated heterocycles. The van der Waals surface area contributed by atoms with E-state index in [1.807, 2.05) is 31.2 Å². The first-order valence-corrected chi connectivity index (χ1v) is 10.5. The molecule has 4 heterocycles. The molecule has 0 bridgehead atoms. The fraction of sp³-hybridized carbons (Fsp3) is 0.190. The number of carbonyl (C=O) groups excluding carboxylic acids is 1. The molecule has 1 amide bonds. The third-order valence-electron chi connectivity index (χ3n) is 4.97. The number of thioether (sulfide) groups is 1. The van der Waals surface area contributed by atoms with E-state index in [0.29, 0.717) is 27.8 Å². The van der Waals surface area contributed by atoms with Gasteiger partial charge in [0, 0.05) is 18.4 Å². The second-order valence-electron chi connectivity index (χ2n) is 7.13. The maximum atomic E-state index is 13.2. The molecule has 0 aliphatic carbocycles. The molecule has 8 nitrogen and oxygen atoms in total. The molecule has 4 aromatic rings. The highest BCUT2D eigenvalue weighted by atomic mass is 32.2. The highest BCUT2D eigenvalue weighted by molar-refractivity contribution is 7.99. The van der Waals surface area contributed by atoms with E-state index >= 15 is 0 Å². The van der Waals surface area contributed by atoms with Crippen LogP contribution in [0.2, 0.25) is 0 Å². The summed E-state index contributed by atoms with van der Waals surface area (Å²) in [6.45, 7) is 2.01. The number of amides is 1. The Morgan fingerprint density at radius 3 is 2.97 bits per heavy atom. The van der Waals surface area contributed by atoms with Crippen LogP contribution < -0.4 is 10.9 Å². The molecule has 9 heteroatoms. The van der Waals surface area contributed by atoms with Crippen LogP contribution in [0.5, 0.6) is 0 Å². The molecule has 0 radical (unpaired) electrons. The number of fused-ring (bicyclic) bond motifs is 2. The number of anilines is 1. The van der Waals surface area contributed by atoms with Crippen molar-refractivity contribution in [2.45, 2.75) is 24.5 Å². The van der Waals surface area contributed by atoms with Crippen molar-refractivity contribution in [1.29, 1.82) is 0 Å². The van der Waals surface area contributed by atoms with Crippen LogP contribution in [-0.2, 0) is 4.79 Å². The lowest BCUT2D eigenvalue weighted by Crippen LogP contribution is -2.27. The molecule has 0 unspecified atom stereocenters. The molecular weight excluding hydrogens is 400 g/mol. The minimum atomic E-state index is -0.263. The average molecular weight is 418 g/mol. The van der Waals surface area contributed by atoms with Crippen LogP contribution in [0.15, 0.2) is 64.8 Å². The summed E-state index contributed by atoms with van der Waals surface area (Å²) in [7, 11) is 0. The number of aryl methyl sites for hydroxylation is 1. The first-order valence-electron chi connectivity index (χ1n) is 9.51. The van der Waals surface area contributed by atoms with Crippen molar-refractivity contribution in [1.82, 2.24) is 24.3 Å². The van der Waals surface area contributed by atoms with Crippen LogP contribution in [0, 0.1) is 6.92 Å². The zero-order valence-electron chi connectivity index (χ0n) is 16.1. The Labute approximate surface area is 176 Å². The summed E-state index contributed by atoms with van der Waals surface area (Å²) in [6, 6.07) is 12.9. The maximum Gasteiger partial charge on any atom is 0.265 e. The zero-order valence-corrected chi connectivity index (χ0v) is 17.0. The summed E-state index contributed by atoms with van der Waals surface area (Å²) in [5.41, 5.74) is 2.32. The predicted molar refractivity (Wildman–Crippen MR) is 115 cm³/mol. The van der Waals surface area contributed by atoms with E-state index in [-0.39, 0.29) is 23.9 Å². The Hall–Kier alpha value is -3.46. The summed E-state index contributed by atoms with van der Waals surface area (Å²) < 4.78 is 3.31. The topological polar surface area (TPSA) is 94.7 Å². The van der Waals surface area contributed by atoms with E-state index in [2.05, 4.69) is 15.4 Å². The molecule has 0 saturated carbocycles. The second kappa shape index (κ2) is 7.42. The fourth-order valence-electron chi connectivity index (χ4n) is 3.57. The molecular formula is C21H18N6O2S. The van der Waals surface area contributed by atoms with Crippen molar-refractivity contribution in [2.75, 3.05) is 11.1 Å². The Morgan fingerprint density at radius 2 is 2.17 bits per heavy atom. The summed E-state index contributed by atoms with van der Waals surface area (Å²) in [6.07, 6.45) is 3.34. The first-order chi connectivity index (χ1) is 14.6. The van der Waals surface area contributed by atoms with Gasteiger partial charge < -0.3 is 5.32 Å². The lowest BCUT2D eigenvalue weighted by atomic mass is 10.2. The number of pyridine rings is 1. The molecule has 1 aliphatic heterocycles. The van der Waals surface area contributed by atoms with Crippen molar-refractivity contribution in [2.24, 2.45) is 0 Å². The monoisotopic (exact) mass is 418 g/mol. The SMILES string of the molecule is Cc1cccc(-n2ncc3c(=O)n4c(nc32)SC[C@@H]4CC(=O)Nc2ccccn2)c1. The Morgan fingerprint density at radius 1 is 1.27 bits per heavy atom. The molecule has 1 aliphatic rings. The van der Waals surface area contributed by atoms with E-state index in [4.69, 9.17) is 4.98 Å². The molecule has 1 atom stereocenters. The van der Waals surface area contributed by atoms with Gasteiger partial charge in [0.15, 0.2) is 10.8 Å². The quantitative estimate of drug-likeness (QED) is 0.512. The summed E-state index contributed by atoms with van der Waals surface area (Å²) in [4.78, 5) is 34.5. The van der Waals surface area contributed by atoms with E-state index in [1.54, 1.807) is 39.8 Å². The summed E-state index contributed by atoms with van der Waals surface area (Å²) >= 11 is 1.48. The molecule has 3 aromatic heterocycles. The maximum absolute atomic E-state index is 13.2. The first kappa shape index (κ1) is 18.6. The molecule has 1 aromatic carbocycles. The van der Waals surface area contributed by atoms with Gasteiger partial charge in [0.1, 0.15) is 11.2 Å². The van der Waals surface area contributed by atoms with E-state index < -0.39 is 0 Å². The Balaban J connectivity index is 1.47. The van der Waals surface area contributed by atoms with E-state index in [1.165, 1.54) is 11.8 Å². The summed E-state index contributed by atoms with van der Waals surface area (Å²) in [5.74, 6) is 0.922. The zero-order chi connectivity index (χ0) is 20.7. The van der Waals surface area contributed by atoms with Gasteiger partial charge in [-0.15, -0.1) is 0 Å². The lowest BCUT2D eigenvalue weighted by molar-refractivity contribution is -0.116. The van der Waals surface area contributed by atoms with Gasteiger partial charge in [-0.25, -0.2) is 14.6 Å². The number of nitrogens with zero attached hydrogens (tertiary/aromatic N) is 5. The lowest BCUT2D eigenvalue weighted by Gasteiger charge is -2.13. The standard InChI is InChI=1S/C21H18N6O2S/c1-13-5-4-6-14(9-13)27-19-16(11-23-27)20(29)26-15(12-30-21(26)25-19)10-18(28)24-17-7-2-3-8-22-17/h2-9,11,15H,10,12H2,1H3,(H,22,24,28)/t15-/m0/s1. The molecule has 0 spiro atoms. The smallest absolute Gasteiger partial charge is 0.265 e. The molecule has 150 valence electrons. The van der Waals surface area contributed by atoms with Gasteiger partial charge in [0.05, 0.1) is 17.9 Å². The number of hydrogen-bond acceptors (Lipinski definition) is 6. The highest BCUT2D eigenvalue weighted by Gasteiger charge is 2.29. The second-order valence-corrected chi connectivity index (χ2v) is 8.12. The van der Waals surface area contributed by atoms with Crippen LogP contribution >= 0.6 is 11.8 Å². The van der Waals surface area contributed by atoms with Crippen molar-refractivity contribution in [3.63, 3.8) is 0 Å². The molecule has 0 fully saturated rings. The predicted octanol–water partition coefficient (Wildman–Crippen LogP) is 2.96. The third kappa shape index (κ3) is 3.26. The van der Waals surface area contributed by atoms with Crippen molar-refractivity contribution < 1.29 is 4.79 Å². The molecule has 30 heavy (non-hydrogen) atoms. The van der Waals surface area contributed by atoms with Gasteiger partial charge >= 0.3 is 0 Å². The number of nitrogens with one attached hydrogen (secondary N) is 1. The molecule has 5 rings (SSSR count). The summed E-state index contributed by atoms with van der Waals surface area (Å²) in [5, 5.41) is 8.22. The van der Waals surface area contributed by atoms with Crippen molar-refractivity contribution >= 4 is 34.5 Å². The number of aromatic nitrogens is 5. The Kier molecular flexibility index (Phi) is 4.59. The number of rotatable bonds is 4. The van der Waals surface area contributed by atoms with Gasteiger partial charge in [-0.2, -0.15) is 5.10 Å². The van der Waals surface area contributed by atoms with Crippen LogP contribution in [0.4, 0.5) is 5.82 Å². The minimum Gasteiger partial charge on any atom is -0.311 e. The van der Waals surface area contributed by atoms with E-state index in [0.717, 1.165) is 11.3 Å². The normalized spacial score (nSPS) is 15.3. The largest absolute Gasteiger partial charge is 0.311 e. The number of hydrogen-bond donors (Lipinski definition) is 1. The van der Waals surface area contributed by atoms with Gasteiger partial charge in [0.2, 0.25) is 5.91 Å². The van der Waals surface area contributed by atoms with Crippen LogP contribution in [0.25, 0.3) is 16.7 Å². The van der Waals surface area contributed by atoms with Crippen molar-refractivity contribution in [3.05, 3.63) is 70.8 Å². The number of carbonyl (C=O) groups is 1. The van der Waals surface area contributed by atoms with Crippen LogP contribution in [0.1, 0.15) is 18.0 Å². The Bertz CT molecular complexity index is 1310. The van der Waals surface area contributed by atoms with Gasteiger partial charge in [0.25, 0.3) is 5.56 Å². The fourth-order valence-corrected chi connectivity index (χ4v) is 4.70. The van der Waals surface area contributed by atoms with Crippen molar-refractivity contribution in [3.8, 4) is 5.69 Å². The average Bonchev–Trinajstić information content (AvgIpc) is 3.34. The van der Waals surface area contributed by atoms with Crippen LogP contribution in [-0.4, -0.2) is 36.0 Å². The number of benzene rings is 1. The van der Waals surface area contributed by atoms with Gasteiger partial charge in [-0.05, 0) is 36.8 Å². The van der Waals surface area contributed by atoms with Gasteiger partial charge in [-0.3, -0.25) is 14.2 Å². The third-order valence-corrected chi connectivity index (χ3v) is 6.07. The highest BCUT2D eigenvalue weighted by Crippen LogP contribution is 2.33. The van der Waals surface area contributed by atoms with Gasteiger partial charge in [-0.1, -0.05) is 30.0 Å². The molecule has 1 N–H and O–H groups in total. The van der Waals surface area contributed by atoms with E-state index in [9.17, 15) is 9.59 Å². The minimum absolute atomic E-state index is 0.172.